The van der Waals surface area contributed by atoms with Gasteiger partial charge in [-0.05, 0) is 25.0 Å². The molecule has 5 N–H and O–H groups in total. The molecule has 3 aliphatic heterocycles. The second-order valence-corrected chi connectivity index (χ2v) is 8.18. The summed E-state index contributed by atoms with van der Waals surface area (Å²) in [5.74, 6) is -1.07. The molecule has 0 spiro atoms. The van der Waals surface area contributed by atoms with Crippen LogP contribution >= 0.6 is 0 Å². The molecule has 12 nitrogen and oxygen atoms in total. The van der Waals surface area contributed by atoms with Crippen LogP contribution in [0.3, 0.4) is 0 Å². The highest BCUT2D eigenvalue weighted by Gasteiger charge is 2.36. The molecule has 4 heterocycles. The summed E-state index contributed by atoms with van der Waals surface area (Å²) in [4.78, 5) is 58.7. The van der Waals surface area contributed by atoms with Crippen LogP contribution < -0.4 is 36.3 Å². The molecule has 1 saturated heterocycles. The lowest BCUT2D eigenvalue weighted by Crippen LogP contribution is -2.41. The predicted molar refractivity (Wildman–Crippen MR) is 116 cm³/mol. The Hall–Kier alpha value is -4.09. The first kappa shape index (κ1) is 20.8. The van der Waals surface area contributed by atoms with Gasteiger partial charge in [0.2, 0.25) is 30.5 Å². The zero-order chi connectivity index (χ0) is 23.1. The van der Waals surface area contributed by atoms with Gasteiger partial charge in [0.25, 0.3) is 5.56 Å². The average Bonchev–Trinajstić information content (AvgIpc) is 3.26. The quantitative estimate of drug-likeness (QED) is 0.510. The number of hydrogen-bond donors (Lipinski definition) is 4. The summed E-state index contributed by atoms with van der Waals surface area (Å²) >= 11 is 0. The van der Waals surface area contributed by atoms with Crippen molar-refractivity contribution < 1.29 is 23.9 Å². The SMILES string of the molecule is NC(=O)C1CCN(c2nc3c(c(=O)[nH]2)C(C(=O)Nc2ccc4c(c2)OCO4)CC(=O)N3)CC1. The number of rotatable bonds is 4. The molecule has 0 bridgehead atoms. The third kappa shape index (κ3) is 3.95. The number of aromatic amines is 1. The smallest absolute Gasteiger partial charge is 0.258 e. The van der Waals surface area contributed by atoms with Gasteiger partial charge in [0, 0.05) is 37.2 Å². The molecule has 1 atom stereocenters. The maximum atomic E-state index is 13.0. The summed E-state index contributed by atoms with van der Waals surface area (Å²) in [5, 5.41) is 5.34. The zero-order valence-electron chi connectivity index (χ0n) is 17.6. The van der Waals surface area contributed by atoms with E-state index < -0.39 is 23.3 Å². The summed E-state index contributed by atoms with van der Waals surface area (Å²) in [5.41, 5.74) is 5.43. The number of benzene rings is 1. The van der Waals surface area contributed by atoms with Crippen LogP contribution in [-0.2, 0) is 14.4 Å². The fourth-order valence-corrected chi connectivity index (χ4v) is 4.31. The van der Waals surface area contributed by atoms with E-state index in [1.54, 1.807) is 18.2 Å². The molecule has 2 aromatic rings. The molecule has 1 aromatic carbocycles. The van der Waals surface area contributed by atoms with E-state index in [1.807, 2.05) is 4.90 Å². The monoisotopic (exact) mass is 454 g/mol. The fourth-order valence-electron chi connectivity index (χ4n) is 4.31. The minimum absolute atomic E-state index is 0.0628. The molecule has 5 rings (SSSR count). The van der Waals surface area contributed by atoms with Gasteiger partial charge in [0.15, 0.2) is 11.5 Å². The van der Waals surface area contributed by atoms with Crippen molar-refractivity contribution in [2.75, 3.05) is 35.4 Å². The van der Waals surface area contributed by atoms with Gasteiger partial charge in [-0.15, -0.1) is 0 Å². The Balaban J connectivity index is 1.38. The van der Waals surface area contributed by atoms with E-state index in [9.17, 15) is 19.2 Å². The van der Waals surface area contributed by atoms with Crippen LogP contribution in [0, 0.1) is 5.92 Å². The number of ether oxygens (including phenoxy) is 2. The van der Waals surface area contributed by atoms with Crippen molar-refractivity contribution in [2.45, 2.75) is 25.2 Å². The molecule has 1 fully saturated rings. The number of nitrogens with two attached hydrogens (primary N) is 1. The predicted octanol–water partition coefficient (Wildman–Crippen LogP) is 0.265. The lowest BCUT2D eigenvalue weighted by Gasteiger charge is -2.32. The van der Waals surface area contributed by atoms with Crippen molar-refractivity contribution in [1.29, 1.82) is 0 Å². The first-order valence-electron chi connectivity index (χ1n) is 10.6. The Morgan fingerprint density at radius 1 is 1.15 bits per heavy atom. The first-order chi connectivity index (χ1) is 15.9. The molecule has 172 valence electrons. The molecule has 33 heavy (non-hydrogen) atoms. The molecule has 1 aromatic heterocycles. The van der Waals surface area contributed by atoms with Crippen molar-refractivity contribution in [3.63, 3.8) is 0 Å². The minimum Gasteiger partial charge on any atom is -0.454 e. The second kappa shape index (κ2) is 8.11. The normalized spacial score (nSPS) is 19.6. The van der Waals surface area contributed by atoms with E-state index >= 15 is 0 Å². The Labute approximate surface area is 187 Å². The van der Waals surface area contributed by atoms with E-state index in [0.717, 1.165) is 0 Å². The molecule has 0 aliphatic carbocycles. The maximum Gasteiger partial charge on any atom is 0.258 e. The van der Waals surface area contributed by atoms with Gasteiger partial charge in [-0.1, -0.05) is 0 Å². The van der Waals surface area contributed by atoms with Crippen molar-refractivity contribution in [3.8, 4) is 11.5 Å². The number of nitrogens with one attached hydrogen (secondary N) is 3. The zero-order valence-corrected chi connectivity index (χ0v) is 17.6. The van der Waals surface area contributed by atoms with E-state index in [4.69, 9.17) is 15.2 Å². The number of amides is 3. The average molecular weight is 454 g/mol. The summed E-state index contributed by atoms with van der Waals surface area (Å²) in [7, 11) is 0. The van der Waals surface area contributed by atoms with Gasteiger partial charge < -0.3 is 30.7 Å². The van der Waals surface area contributed by atoms with Crippen LogP contribution in [0.1, 0.15) is 30.7 Å². The van der Waals surface area contributed by atoms with Crippen LogP contribution in [0.5, 0.6) is 11.5 Å². The Bertz CT molecular complexity index is 1200. The molecule has 0 saturated carbocycles. The summed E-state index contributed by atoms with van der Waals surface area (Å²) < 4.78 is 10.6. The van der Waals surface area contributed by atoms with Gasteiger partial charge in [0.1, 0.15) is 5.82 Å². The van der Waals surface area contributed by atoms with Crippen LogP contribution in [0.25, 0.3) is 0 Å². The van der Waals surface area contributed by atoms with Crippen LogP contribution in [0.15, 0.2) is 23.0 Å². The lowest BCUT2D eigenvalue weighted by molar-refractivity contribution is -0.123. The number of primary amides is 1. The molecule has 3 aliphatic rings. The number of H-pyrrole nitrogens is 1. The van der Waals surface area contributed by atoms with Gasteiger partial charge in [-0.2, -0.15) is 4.98 Å². The van der Waals surface area contributed by atoms with Crippen molar-refractivity contribution in [3.05, 3.63) is 34.1 Å². The maximum absolute atomic E-state index is 13.0. The molecule has 12 heteroatoms. The number of piperidine rings is 1. The van der Waals surface area contributed by atoms with Crippen molar-refractivity contribution in [2.24, 2.45) is 11.7 Å². The number of nitrogens with zero attached hydrogens (tertiary/aromatic N) is 2. The number of aromatic nitrogens is 2. The summed E-state index contributed by atoms with van der Waals surface area (Å²) in [6.45, 7) is 1.07. The van der Waals surface area contributed by atoms with E-state index in [0.29, 0.717) is 43.1 Å². The molecule has 0 radical (unpaired) electrons. The van der Waals surface area contributed by atoms with Gasteiger partial charge >= 0.3 is 0 Å². The Morgan fingerprint density at radius 3 is 2.67 bits per heavy atom. The third-order valence-corrected chi connectivity index (χ3v) is 6.09. The highest BCUT2D eigenvalue weighted by atomic mass is 16.7. The minimum atomic E-state index is -1.01. The van der Waals surface area contributed by atoms with Gasteiger partial charge in [0.05, 0.1) is 11.5 Å². The standard InChI is InChI=1S/C21H22N6O6/c22-17(29)10-3-5-27(6-4-10)21-25-18-16(20(31)26-21)12(8-15(28)24-18)19(30)23-11-1-2-13-14(7-11)33-9-32-13/h1-2,7,10,12H,3-6,8-9H2,(H2,22,29)(H,23,30)(H2,24,25,26,28,31). The number of hydrogen-bond acceptors (Lipinski definition) is 8. The first-order valence-corrected chi connectivity index (χ1v) is 10.6. The molecule has 1 unspecified atom stereocenters. The molecule has 3 amide bonds. The topological polar surface area (TPSA) is 169 Å². The molecular weight excluding hydrogens is 432 g/mol. The van der Waals surface area contributed by atoms with Crippen LogP contribution in [0.4, 0.5) is 17.5 Å². The van der Waals surface area contributed by atoms with Gasteiger partial charge in [-0.25, -0.2) is 0 Å². The highest BCUT2D eigenvalue weighted by molar-refractivity contribution is 6.04. The summed E-state index contributed by atoms with van der Waals surface area (Å²) in [6, 6.07) is 4.93. The highest BCUT2D eigenvalue weighted by Crippen LogP contribution is 2.35. The van der Waals surface area contributed by atoms with Crippen LogP contribution in [-0.4, -0.2) is 47.6 Å². The second-order valence-electron chi connectivity index (χ2n) is 8.18. The number of carbonyl (C=O) groups excluding carboxylic acids is 3. The number of fused-ring (bicyclic) bond motifs is 2. The Morgan fingerprint density at radius 2 is 1.91 bits per heavy atom. The lowest BCUT2D eigenvalue weighted by atomic mass is 9.92. The number of anilines is 3. The largest absolute Gasteiger partial charge is 0.454 e. The van der Waals surface area contributed by atoms with Crippen LogP contribution in [0.2, 0.25) is 0 Å². The van der Waals surface area contributed by atoms with E-state index in [-0.39, 0.29) is 42.4 Å². The fraction of sp³-hybridized carbons (Fsp3) is 0.381. The molecular formula is C21H22N6O6. The summed E-state index contributed by atoms with van der Waals surface area (Å²) in [6.07, 6.45) is 0.906. The van der Waals surface area contributed by atoms with E-state index in [2.05, 4.69) is 20.6 Å². The van der Waals surface area contributed by atoms with Gasteiger partial charge in [-0.3, -0.25) is 24.2 Å². The van der Waals surface area contributed by atoms with E-state index in [1.165, 1.54) is 0 Å². The van der Waals surface area contributed by atoms with Crippen molar-refractivity contribution >= 4 is 35.2 Å². The number of carbonyl (C=O) groups is 3. The Kier molecular flexibility index (Phi) is 5.11. The van der Waals surface area contributed by atoms with Crippen molar-refractivity contribution in [1.82, 2.24) is 9.97 Å². The third-order valence-electron chi connectivity index (χ3n) is 6.09.